The van der Waals surface area contributed by atoms with E-state index in [9.17, 15) is 14.9 Å². The highest BCUT2D eigenvalue weighted by molar-refractivity contribution is 8.18. The van der Waals surface area contributed by atoms with E-state index >= 15 is 0 Å². The molecule has 0 atom stereocenters. The Morgan fingerprint density at radius 2 is 1.85 bits per heavy atom. The molecule has 0 spiro atoms. The number of carbonyl (C=O) groups excluding carboxylic acids is 1. The Morgan fingerprint density at radius 3 is 2.46 bits per heavy atom. The maximum atomic E-state index is 12.7. The molecule has 3 rings (SSSR count). The minimum absolute atomic E-state index is 0.0113. The van der Waals surface area contributed by atoms with Gasteiger partial charge in [-0.1, -0.05) is 24.3 Å². The van der Waals surface area contributed by atoms with Gasteiger partial charge in [-0.15, -0.1) is 6.58 Å². The number of nitro benzene ring substituents is 1. The molecule has 0 unspecified atom stereocenters. The zero-order chi connectivity index (χ0) is 18.5. The average molecular weight is 365 g/mol. The van der Waals surface area contributed by atoms with E-state index in [-0.39, 0.29) is 11.6 Å². The third kappa shape index (κ3) is 3.89. The summed E-state index contributed by atoms with van der Waals surface area (Å²) in [4.78, 5) is 29.6. The van der Waals surface area contributed by atoms with Crippen LogP contribution in [0.1, 0.15) is 5.56 Å². The lowest BCUT2D eigenvalue weighted by Gasteiger charge is -2.12. The molecule has 1 aliphatic rings. The Balaban J connectivity index is 1.91. The molecule has 0 N–H and O–H groups in total. The molecule has 1 amide bonds. The van der Waals surface area contributed by atoms with Crippen LogP contribution < -0.4 is 0 Å². The number of hydrogen-bond acceptors (Lipinski definition) is 5. The van der Waals surface area contributed by atoms with Gasteiger partial charge in [0.1, 0.15) is 0 Å². The monoisotopic (exact) mass is 365 g/mol. The zero-order valence-electron chi connectivity index (χ0n) is 13.7. The van der Waals surface area contributed by atoms with Crippen molar-refractivity contribution in [2.45, 2.75) is 0 Å². The van der Waals surface area contributed by atoms with Crippen LogP contribution in [0.5, 0.6) is 0 Å². The summed E-state index contributed by atoms with van der Waals surface area (Å²) < 4.78 is 0. The van der Waals surface area contributed by atoms with Crippen LogP contribution >= 0.6 is 11.8 Å². The topological polar surface area (TPSA) is 75.8 Å². The van der Waals surface area contributed by atoms with E-state index in [2.05, 4.69) is 11.6 Å². The first-order valence-electron chi connectivity index (χ1n) is 7.79. The van der Waals surface area contributed by atoms with Crippen molar-refractivity contribution in [3.63, 3.8) is 0 Å². The number of non-ortho nitro benzene ring substituents is 1. The van der Waals surface area contributed by atoms with Crippen LogP contribution in [0.3, 0.4) is 0 Å². The first-order valence-corrected chi connectivity index (χ1v) is 8.60. The molecule has 130 valence electrons. The molecule has 1 aliphatic heterocycles. The molecule has 1 saturated heterocycles. The summed E-state index contributed by atoms with van der Waals surface area (Å²) in [6.07, 6.45) is 3.36. The van der Waals surface area contributed by atoms with Crippen molar-refractivity contribution in [3.8, 4) is 0 Å². The van der Waals surface area contributed by atoms with E-state index < -0.39 is 4.92 Å². The lowest BCUT2D eigenvalue weighted by atomic mass is 10.2. The second kappa shape index (κ2) is 7.79. The minimum Gasteiger partial charge on any atom is -0.283 e. The van der Waals surface area contributed by atoms with Gasteiger partial charge in [-0.05, 0) is 47.7 Å². The van der Waals surface area contributed by atoms with E-state index in [0.29, 0.717) is 22.2 Å². The fourth-order valence-electron chi connectivity index (χ4n) is 2.34. The van der Waals surface area contributed by atoms with Crippen LogP contribution in [0.25, 0.3) is 6.08 Å². The first kappa shape index (κ1) is 17.6. The first-order chi connectivity index (χ1) is 12.6. The van der Waals surface area contributed by atoms with E-state index in [1.54, 1.807) is 29.2 Å². The Morgan fingerprint density at radius 1 is 1.15 bits per heavy atom. The Hall–Kier alpha value is -3.19. The summed E-state index contributed by atoms with van der Waals surface area (Å²) in [5, 5.41) is 11.3. The van der Waals surface area contributed by atoms with Gasteiger partial charge in [0.25, 0.3) is 11.6 Å². The standard InChI is InChI=1S/C19H15N3O3S/c1-2-12-21-18(23)17(13-14-8-10-16(11-9-14)22(24)25)26-19(21)20-15-6-4-3-5-7-15/h2-11,13H,1,12H2/b17-13+,20-19?. The van der Waals surface area contributed by atoms with E-state index in [1.165, 1.54) is 23.9 Å². The third-order valence-corrected chi connectivity index (χ3v) is 4.59. The van der Waals surface area contributed by atoms with Crippen LogP contribution in [0.4, 0.5) is 11.4 Å². The molecule has 6 nitrogen and oxygen atoms in total. The largest absolute Gasteiger partial charge is 0.283 e. The number of para-hydroxylation sites is 1. The van der Waals surface area contributed by atoms with Crippen molar-refractivity contribution < 1.29 is 9.72 Å². The predicted molar refractivity (Wildman–Crippen MR) is 104 cm³/mol. The number of benzene rings is 2. The van der Waals surface area contributed by atoms with E-state index in [1.807, 2.05) is 30.3 Å². The number of amides is 1. The van der Waals surface area contributed by atoms with Crippen LogP contribution in [-0.2, 0) is 4.79 Å². The van der Waals surface area contributed by atoms with Crippen LogP contribution in [-0.4, -0.2) is 27.4 Å². The highest BCUT2D eigenvalue weighted by Gasteiger charge is 2.32. The summed E-state index contributed by atoms with van der Waals surface area (Å²) >= 11 is 1.27. The van der Waals surface area contributed by atoms with Crippen molar-refractivity contribution in [3.05, 3.63) is 87.8 Å². The summed E-state index contributed by atoms with van der Waals surface area (Å²) in [5.74, 6) is -0.164. The number of carbonyl (C=O) groups is 1. The third-order valence-electron chi connectivity index (χ3n) is 3.58. The summed E-state index contributed by atoms with van der Waals surface area (Å²) in [6.45, 7) is 4.05. The number of nitro groups is 1. The molecule has 26 heavy (non-hydrogen) atoms. The molecule has 0 radical (unpaired) electrons. The van der Waals surface area contributed by atoms with Gasteiger partial charge in [-0.2, -0.15) is 0 Å². The van der Waals surface area contributed by atoms with Crippen LogP contribution in [0.15, 0.2) is 77.1 Å². The predicted octanol–water partition coefficient (Wildman–Crippen LogP) is 4.38. The number of amidine groups is 1. The fourth-order valence-corrected chi connectivity index (χ4v) is 3.35. The lowest BCUT2D eigenvalue weighted by molar-refractivity contribution is -0.384. The average Bonchev–Trinajstić information content (AvgIpc) is 2.92. The Bertz CT molecular complexity index is 905. The summed E-state index contributed by atoms with van der Waals surface area (Å²) in [7, 11) is 0. The van der Waals surface area contributed by atoms with Crippen LogP contribution in [0.2, 0.25) is 0 Å². The van der Waals surface area contributed by atoms with Gasteiger partial charge < -0.3 is 0 Å². The van der Waals surface area contributed by atoms with Gasteiger partial charge in [0.05, 0.1) is 15.5 Å². The summed E-state index contributed by atoms with van der Waals surface area (Å²) in [6, 6.07) is 15.4. The molecule has 2 aromatic rings. The highest BCUT2D eigenvalue weighted by Crippen LogP contribution is 2.34. The van der Waals surface area contributed by atoms with E-state index in [4.69, 9.17) is 0 Å². The van der Waals surface area contributed by atoms with E-state index in [0.717, 1.165) is 5.69 Å². The van der Waals surface area contributed by atoms with Crippen molar-refractivity contribution in [1.82, 2.24) is 4.90 Å². The van der Waals surface area contributed by atoms with Crippen LogP contribution in [0, 0.1) is 10.1 Å². The van der Waals surface area contributed by atoms with Gasteiger partial charge in [0, 0.05) is 18.7 Å². The molecule has 0 aliphatic carbocycles. The van der Waals surface area contributed by atoms with Gasteiger partial charge in [-0.3, -0.25) is 19.8 Å². The normalized spacial score (nSPS) is 17.1. The molecule has 0 aromatic heterocycles. The second-order valence-corrected chi connectivity index (χ2v) is 6.40. The Labute approximate surface area is 154 Å². The van der Waals surface area contributed by atoms with Crippen molar-refractivity contribution in [2.75, 3.05) is 6.54 Å². The molecule has 2 aromatic carbocycles. The van der Waals surface area contributed by atoms with Gasteiger partial charge in [0.15, 0.2) is 5.17 Å². The molecule has 1 heterocycles. The number of aliphatic imine (C=N–C) groups is 1. The van der Waals surface area contributed by atoms with Crippen molar-refractivity contribution in [2.24, 2.45) is 4.99 Å². The van der Waals surface area contributed by atoms with Crippen molar-refractivity contribution in [1.29, 1.82) is 0 Å². The number of nitrogens with zero attached hydrogens (tertiary/aromatic N) is 3. The van der Waals surface area contributed by atoms with Gasteiger partial charge in [-0.25, -0.2) is 4.99 Å². The summed E-state index contributed by atoms with van der Waals surface area (Å²) in [5.41, 5.74) is 1.48. The fraction of sp³-hybridized carbons (Fsp3) is 0.0526. The molecule has 0 saturated carbocycles. The smallest absolute Gasteiger partial charge is 0.269 e. The maximum absolute atomic E-state index is 12.7. The molecular weight excluding hydrogens is 350 g/mol. The molecule has 1 fully saturated rings. The second-order valence-electron chi connectivity index (χ2n) is 5.39. The number of thioether (sulfide) groups is 1. The molecular formula is C19H15N3O3S. The van der Waals surface area contributed by atoms with Gasteiger partial charge >= 0.3 is 0 Å². The van der Waals surface area contributed by atoms with Gasteiger partial charge in [0.2, 0.25) is 0 Å². The zero-order valence-corrected chi connectivity index (χ0v) is 14.6. The minimum atomic E-state index is -0.456. The Kier molecular flexibility index (Phi) is 5.28. The highest BCUT2D eigenvalue weighted by atomic mass is 32.2. The quantitative estimate of drug-likeness (QED) is 0.341. The molecule has 0 bridgehead atoms. The molecule has 7 heteroatoms. The lowest BCUT2D eigenvalue weighted by Crippen LogP contribution is -2.29. The SMILES string of the molecule is C=CCN1C(=O)/C(=C\c2ccc([N+](=O)[O-])cc2)SC1=Nc1ccccc1. The maximum Gasteiger partial charge on any atom is 0.269 e. The number of hydrogen-bond donors (Lipinski definition) is 0. The van der Waals surface area contributed by atoms with Crippen molar-refractivity contribution >= 4 is 40.3 Å². The number of rotatable bonds is 5.